The second kappa shape index (κ2) is 5.47. The molecule has 0 aliphatic carbocycles. The number of hydrogen-bond donors (Lipinski definition) is 2. The monoisotopic (exact) mass is 492 g/mol. The molecule has 20 heavy (non-hydrogen) atoms. The average Bonchev–Trinajstić information content (AvgIpc) is 3.07. The van der Waals surface area contributed by atoms with Crippen LogP contribution in [0.1, 0.15) is 0 Å². The first kappa shape index (κ1) is 12.8. The molecule has 0 amide bonds. The predicted molar refractivity (Wildman–Crippen MR) is 87.4 cm³/mol. The normalized spacial score (nSPS) is 11.4. The van der Waals surface area contributed by atoms with Gasteiger partial charge in [-0.25, -0.2) is 0 Å². The van der Waals surface area contributed by atoms with Crippen molar-refractivity contribution in [1.29, 1.82) is 0 Å². The van der Waals surface area contributed by atoms with Crippen LogP contribution in [0.3, 0.4) is 0 Å². The molecule has 0 atom stereocenters. The molecular formula is C16H12N2Te2. The van der Waals surface area contributed by atoms with E-state index in [9.17, 15) is 0 Å². The number of H-pyrrole nitrogens is 2. The molecule has 0 bridgehead atoms. The Labute approximate surface area is 133 Å². The zero-order valence-electron chi connectivity index (χ0n) is 10.6. The van der Waals surface area contributed by atoms with Gasteiger partial charge in [0.2, 0.25) is 0 Å². The third kappa shape index (κ3) is 2.50. The standard InChI is InChI=1S/C16H12N2Te2/c1-3-7-13-11(5-1)9-15(17-13)19-20-16-10-12-6-2-4-8-14(12)18-16/h1-10,17-18H. The predicted octanol–water partition coefficient (Wildman–Crippen LogP) is 1.92. The van der Waals surface area contributed by atoms with Crippen LogP contribution in [0.5, 0.6) is 0 Å². The van der Waals surface area contributed by atoms with Gasteiger partial charge in [-0.2, -0.15) is 0 Å². The van der Waals surface area contributed by atoms with Crippen LogP contribution >= 0.6 is 0 Å². The van der Waals surface area contributed by atoms with Crippen LogP contribution in [-0.2, 0) is 0 Å². The van der Waals surface area contributed by atoms with Gasteiger partial charge < -0.3 is 0 Å². The van der Waals surface area contributed by atoms with E-state index < -0.39 is 0 Å². The summed E-state index contributed by atoms with van der Waals surface area (Å²) < 4.78 is 2.97. The van der Waals surface area contributed by atoms with E-state index in [0.29, 0.717) is 0 Å². The van der Waals surface area contributed by atoms with E-state index in [1.165, 1.54) is 29.3 Å². The molecule has 98 valence electrons. The van der Waals surface area contributed by atoms with Crippen LogP contribution in [0.4, 0.5) is 0 Å². The van der Waals surface area contributed by atoms with Gasteiger partial charge in [0.05, 0.1) is 0 Å². The topological polar surface area (TPSA) is 31.6 Å². The number of rotatable bonds is 3. The average molecular weight is 487 g/mol. The third-order valence-electron chi connectivity index (χ3n) is 3.23. The third-order valence-corrected chi connectivity index (χ3v) is 14.2. The van der Waals surface area contributed by atoms with Gasteiger partial charge in [-0.05, 0) is 0 Å². The van der Waals surface area contributed by atoms with E-state index in [1.54, 1.807) is 0 Å². The molecule has 4 aromatic rings. The van der Waals surface area contributed by atoms with Crippen LogP contribution in [-0.4, -0.2) is 44.1 Å². The Morgan fingerprint density at radius 1 is 0.600 bits per heavy atom. The summed E-state index contributed by atoms with van der Waals surface area (Å²) in [6.07, 6.45) is 0. The van der Waals surface area contributed by atoms with Gasteiger partial charge in [0.25, 0.3) is 0 Å². The minimum absolute atomic E-state index is 0.0863. The van der Waals surface area contributed by atoms with Gasteiger partial charge in [0.15, 0.2) is 0 Å². The van der Waals surface area contributed by atoms with Gasteiger partial charge >= 0.3 is 134 Å². The van der Waals surface area contributed by atoms with Crippen molar-refractivity contribution in [2.24, 2.45) is 0 Å². The fourth-order valence-electron chi connectivity index (χ4n) is 2.27. The summed E-state index contributed by atoms with van der Waals surface area (Å²) in [5.74, 6) is 0. The van der Waals surface area contributed by atoms with Crippen molar-refractivity contribution in [2.45, 2.75) is 0 Å². The van der Waals surface area contributed by atoms with E-state index in [-0.39, 0.29) is 34.1 Å². The molecule has 2 N–H and O–H groups in total. The molecule has 2 heterocycles. The Bertz CT molecular complexity index is 736. The van der Waals surface area contributed by atoms with Crippen molar-refractivity contribution in [1.82, 2.24) is 9.97 Å². The summed E-state index contributed by atoms with van der Waals surface area (Å²) in [6.45, 7) is 0. The molecule has 0 saturated heterocycles. The van der Waals surface area contributed by atoms with Crippen LogP contribution in [0.15, 0.2) is 60.7 Å². The Morgan fingerprint density at radius 3 is 1.50 bits per heavy atom. The number of hydrogen-bond acceptors (Lipinski definition) is 0. The summed E-state index contributed by atoms with van der Waals surface area (Å²) in [5.41, 5.74) is 2.55. The summed E-state index contributed by atoms with van der Waals surface area (Å²) in [4.78, 5) is 7.15. The van der Waals surface area contributed by atoms with E-state index >= 15 is 0 Å². The molecule has 2 aromatic heterocycles. The van der Waals surface area contributed by atoms with Gasteiger partial charge in [0.1, 0.15) is 0 Å². The summed E-state index contributed by atoms with van der Waals surface area (Å²) in [5, 5.41) is 2.69. The molecule has 0 saturated carbocycles. The fraction of sp³-hybridized carbons (Fsp3) is 0. The molecule has 0 unspecified atom stereocenters. The van der Waals surface area contributed by atoms with Crippen LogP contribution < -0.4 is 7.48 Å². The maximum atomic E-state index is 3.58. The molecule has 0 fully saturated rings. The van der Waals surface area contributed by atoms with Crippen molar-refractivity contribution in [2.75, 3.05) is 0 Å². The van der Waals surface area contributed by atoms with Crippen molar-refractivity contribution in [3.8, 4) is 0 Å². The van der Waals surface area contributed by atoms with Crippen molar-refractivity contribution in [3.63, 3.8) is 0 Å². The Balaban J connectivity index is 1.57. The van der Waals surface area contributed by atoms with Crippen LogP contribution in [0, 0.1) is 0 Å². The number of aromatic amines is 2. The molecule has 0 aliphatic heterocycles. The molecule has 2 nitrogen and oxygen atoms in total. The van der Waals surface area contributed by atoms with E-state index in [4.69, 9.17) is 0 Å². The maximum absolute atomic E-state index is 3.58. The molecular weight excluding hydrogens is 475 g/mol. The van der Waals surface area contributed by atoms with Gasteiger partial charge in [-0.15, -0.1) is 0 Å². The molecule has 2 aromatic carbocycles. The number of nitrogens with one attached hydrogen (secondary N) is 2. The zero-order valence-corrected chi connectivity index (χ0v) is 15.3. The van der Waals surface area contributed by atoms with Crippen LogP contribution in [0.2, 0.25) is 0 Å². The van der Waals surface area contributed by atoms with Crippen molar-refractivity contribution >= 4 is 63.4 Å². The SMILES string of the molecule is c1ccc2[nH]c([Te][Te]c3cc4ccccc4[nH]3)cc2c1. The van der Waals surface area contributed by atoms with Crippen LogP contribution in [0.25, 0.3) is 21.8 Å². The second-order valence-corrected chi connectivity index (χ2v) is 14.5. The fourth-order valence-corrected chi connectivity index (χ4v) is 11.5. The summed E-state index contributed by atoms with van der Waals surface area (Å²) in [7, 11) is 0. The molecule has 4 rings (SSSR count). The first-order valence-corrected chi connectivity index (χ1v) is 16.0. The first-order chi connectivity index (χ1) is 9.88. The summed E-state index contributed by atoms with van der Waals surface area (Å²) in [6, 6.07) is 21.8. The van der Waals surface area contributed by atoms with Gasteiger partial charge in [-0.3, -0.25) is 0 Å². The first-order valence-electron chi connectivity index (χ1n) is 6.38. The van der Waals surface area contributed by atoms with Crippen molar-refractivity contribution < 1.29 is 0 Å². The van der Waals surface area contributed by atoms with E-state index in [0.717, 1.165) is 0 Å². The summed E-state index contributed by atoms with van der Waals surface area (Å²) >= 11 is -0.173. The van der Waals surface area contributed by atoms with Gasteiger partial charge in [0, 0.05) is 0 Å². The Kier molecular flexibility index (Phi) is 3.50. The van der Waals surface area contributed by atoms with E-state index in [2.05, 4.69) is 70.6 Å². The van der Waals surface area contributed by atoms with E-state index in [1.807, 2.05) is 0 Å². The quantitative estimate of drug-likeness (QED) is 0.414. The Morgan fingerprint density at radius 2 is 1.05 bits per heavy atom. The molecule has 4 heteroatoms. The Hall–Kier alpha value is -0.901. The number of benzene rings is 2. The molecule has 0 radical (unpaired) electrons. The molecule has 0 spiro atoms. The van der Waals surface area contributed by atoms with Crippen molar-refractivity contribution in [3.05, 3.63) is 60.7 Å². The zero-order chi connectivity index (χ0) is 13.4. The minimum atomic E-state index is -0.0863. The number of aromatic nitrogens is 2. The molecule has 0 aliphatic rings. The number of para-hydroxylation sites is 2. The van der Waals surface area contributed by atoms with Gasteiger partial charge in [-0.1, -0.05) is 0 Å². The second-order valence-electron chi connectivity index (χ2n) is 4.61. The number of fused-ring (bicyclic) bond motifs is 2.